The van der Waals surface area contributed by atoms with Gasteiger partial charge in [-0.2, -0.15) is 9.97 Å². The number of anilines is 2. The molecule has 0 amide bonds. The number of fused-ring (bicyclic) bond motifs is 2. The van der Waals surface area contributed by atoms with E-state index in [-0.39, 0.29) is 5.41 Å². The Balaban J connectivity index is 1.00. The molecule has 8 aromatic rings. The van der Waals surface area contributed by atoms with Gasteiger partial charge >= 0.3 is 0 Å². The molecule has 0 aliphatic heterocycles. The van der Waals surface area contributed by atoms with Gasteiger partial charge in [0.05, 0.1) is 21.8 Å². The maximum Gasteiger partial charge on any atom is 0.230 e. The van der Waals surface area contributed by atoms with Crippen LogP contribution in [0.2, 0.25) is 0 Å². The average Bonchev–Trinajstić information content (AvgIpc) is 3.28. The molecule has 0 saturated carbocycles. The molecular weight excluding hydrogens is 729 g/mol. The van der Waals surface area contributed by atoms with Crippen molar-refractivity contribution in [2.75, 3.05) is 36.0 Å². The normalized spacial score (nSPS) is 11.5. The lowest BCUT2D eigenvalue weighted by molar-refractivity contribution is 0.468. The molecule has 8 heteroatoms. The zero-order chi connectivity index (χ0) is 40.9. The number of nitrogens with zero attached hydrogens (tertiary/aromatic N) is 6. The van der Waals surface area contributed by atoms with Gasteiger partial charge < -0.3 is 19.3 Å². The van der Waals surface area contributed by atoms with Gasteiger partial charge in [0.15, 0.2) is 11.6 Å². The fraction of sp³-hybridized carbons (Fsp3) is 0.216. The molecule has 2 heterocycles. The number of ether oxygens (including phenoxy) is 2. The smallest absolute Gasteiger partial charge is 0.230 e. The highest BCUT2D eigenvalue weighted by atomic mass is 16.5. The van der Waals surface area contributed by atoms with Crippen molar-refractivity contribution in [3.63, 3.8) is 0 Å². The molecule has 0 atom stereocenters. The largest absolute Gasteiger partial charge is 0.438 e. The number of hydrogen-bond acceptors (Lipinski definition) is 8. The maximum absolute atomic E-state index is 6.50. The highest BCUT2D eigenvalue weighted by Crippen LogP contribution is 2.37. The van der Waals surface area contributed by atoms with E-state index >= 15 is 0 Å². The van der Waals surface area contributed by atoms with Crippen molar-refractivity contribution in [3.8, 4) is 46.0 Å². The first kappa shape index (κ1) is 39.0. The molecule has 2 aromatic heterocycles. The summed E-state index contributed by atoms with van der Waals surface area (Å²) < 4.78 is 13.0. The van der Waals surface area contributed by atoms with Crippen LogP contribution < -0.4 is 19.3 Å². The Morgan fingerprint density at radius 1 is 0.424 bits per heavy atom. The van der Waals surface area contributed by atoms with E-state index in [1.54, 1.807) is 0 Å². The van der Waals surface area contributed by atoms with Crippen LogP contribution in [0.1, 0.15) is 52.7 Å². The minimum atomic E-state index is -0.296. The maximum atomic E-state index is 6.50. The molecular formula is C51H50N6O2. The molecule has 0 aliphatic carbocycles. The van der Waals surface area contributed by atoms with Gasteiger partial charge in [0.25, 0.3) is 0 Å². The van der Waals surface area contributed by atoms with Gasteiger partial charge in [-0.05, 0) is 136 Å². The third kappa shape index (κ3) is 8.17. The van der Waals surface area contributed by atoms with E-state index in [0.717, 1.165) is 70.2 Å². The van der Waals surface area contributed by atoms with Crippen molar-refractivity contribution in [2.45, 2.75) is 47.0 Å². The SMILES string of the molecule is CCN(CC)c1ccc(-c2nc(Oc3ccc(C(C)(C)c4ccc(Oc5nc(-c6ccc(N(CC)CC)cc6)nc6ccccc56)cc4)cc3)c3ccccc3n2)cc1. The molecule has 0 aliphatic rings. The Bertz CT molecular complexity index is 2480. The molecule has 296 valence electrons. The van der Waals surface area contributed by atoms with Gasteiger partial charge in [-0.15, -0.1) is 0 Å². The van der Waals surface area contributed by atoms with E-state index in [2.05, 4.69) is 124 Å². The van der Waals surface area contributed by atoms with Crippen LogP contribution in [0.4, 0.5) is 11.4 Å². The quantitative estimate of drug-likeness (QED) is 0.108. The molecule has 0 unspecified atom stereocenters. The molecule has 0 N–H and O–H groups in total. The average molecular weight is 779 g/mol. The number of rotatable bonds is 14. The highest BCUT2D eigenvalue weighted by molar-refractivity contribution is 5.86. The molecule has 0 spiro atoms. The van der Waals surface area contributed by atoms with Crippen molar-refractivity contribution in [2.24, 2.45) is 0 Å². The first-order valence-electron chi connectivity index (χ1n) is 20.6. The van der Waals surface area contributed by atoms with E-state index in [1.165, 1.54) is 11.4 Å². The lowest BCUT2D eigenvalue weighted by Gasteiger charge is -2.26. The van der Waals surface area contributed by atoms with E-state index in [9.17, 15) is 0 Å². The predicted octanol–water partition coefficient (Wildman–Crippen LogP) is 12.5. The standard InChI is InChI=1S/C51H50N6O2/c1-7-56(8-2)39-27-19-35(20-28-39)47-52-45-17-13-11-15-43(45)49(54-47)58-41-31-23-37(24-32-41)51(5,6)38-25-33-42(34-26-38)59-50-44-16-12-14-18-46(44)53-48(55-50)36-21-29-40(30-22-36)57(9-3)10-4/h11-34H,7-10H2,1-6H3. The molecule has 6 aromatic carbocycles. The second-order valence-electron chi connectivity index (χ2n) is 15.1. The molecule has 0 bridgehead atoms. The fourth-order valence-electron chi connectivity index (χ4n) is 7.60. The molecule has 0 saturated heterocycles. The van der Waals surface area contributed by atoms with Crippen molar-refractivity contribution in [1.29, 1.82) is 0 Å². The summed E-state index contributed by atoms with van der Waals surface area (Å²) >= 11 is 0. The Morgan fingerprint density at radius 3 is 1.14 bits per heavy atom. The summed E-state index contributed by atoms with van der Waals surface area (Å²) in [6, 6.07) is 49.4. The minimum absolute atomic E-state index is 0.296. The van der Waals surface area contributed by atoms with E-state index < -0.39 is 0 Å². The van der Waals surface area contributed by atoms with Gasteiger partial charge in [0.2, 0.25) is 11.8 Å². The van der Waals surface area contributed by atoms with Crippen LogP contribution in [0, 0.1) is 0 Å². The van der Waals surface area contributed by atoms with Crippen LogP contribution in [0.25, 0.3) is 44.6 Å². The summed E-state index contributed by atoms with van der Waals surface area (Å²) in [7, 11) is 0. The summed E-state index contributed by atoms with van der Waals surface area (Å²) in [4.78, 5) is 24.3. The van der Waals surface area contributed by atoms with Crippen LogP contribution in [0.5, 0.6) is 23.3 Å². The van der Waals surface area contributed by atoms with Gasteiger partial charge in [-0.1, -0.05) is 62.4 Å². The van der Waals surface area contributed by atoms with Crippen molar-refractivity contribution >= 4 is 33.2 Å². The summed E-state index contributed by atoms with van der Waals surface area (Å²) in [5, 5.41) is 1.72. The van der Waals surface area contributed by atoms with Gasteiger partial charge in [-0.25, -0.2) is 9.97 Å². The van der Waals surface area contributed by atoms with E-state index in [1.807, 2.05) is 72.8 Å². The Morgan fingerprint density at radius 2 is 0.780 bits per heavy atom. The van der Waals surface area contributed by atoms with E-state index in [0.29, 0.717) is 34.9 Å². The summed E-state index contributed by atoms with van der Waals surface area (Å²) in [5.41, 5.74) is 7.92. The van der Waals surface area contributed by atoms with Crippen LogP contribution >= 0.6 is 0 Å². The number of aromatic nitrogens is 4. The summed E-state index contributed by atoms with van der Waals surface area (Å²) in [6.07, 6.45) is 0. The van der Waals surface area contributed by atoms with Crippen molar-refractivity contribution < 1.29 is 9.47 Å². The molecule has 59 heavy (non-hydrogen) atoms. The fourth-order valence-corrected chi connectivity index (χ4v) is 7.60. The number of benzene rings is 6. The summed E-state index contributed by atoms with van der Waals surface area (Å²) in [5.74, 6) is 3.72. The first-order valence-corrected chi connectivity index (χ1v) is 20.6. The van der Waals surface area contributed by atoms with E-state index in [4.69, 9.17) is 29.4 Å². The lowest BCUT2D eigenvalue weighted by Crippen LogP contribution is -2.21. The predicted molar refractivity (Wildman–Crippen MR) is 242 cm³/mol. The lowest BCUT2D eigenvalue weighted by atomic mass is 9.78. The topological polar surface area (TPSA) is 76.5 Å². The summed E-state index contributed by atoms with van der Waals surface area (Å²) in [6.45, 7) is 16.9. The number of para-hydroxylation sites is 2. The second-order valence-corrected chi connectivity index (χ2v) is 15.1. The van der Waals surface area contributed by atoms with Crippen LogP contribution in [0.3, 0.4) is 0 Å². The van der Waals surface area contributed by atoms with Gasteiger partial charge in [0.1, 0.15) is 11.5 Å². The second kappa shape index (κ2) is 17.0. The zero-order valence-electron chi connectivity index (χ0n) is 34.7. The van der Waals surface area contributed by atoms with Crippen molar-refractivity contribution in [1.82, 2.24) is 19.9 Å². The molecule has 8 nitrogen and oxygen atoms in total. The third-order valence-corrected chi connectivity index (χ3v) is 11.2. The monoisotopic (exact) mass is 778 g/mol. The minimum Gasteiger partial charge on any atom is -0.438 e. The van der Waals surface area contributed by atoms with Crippen LogP contribution in [-0.4, -0.2) is 46.1 Å². The molecule has 0 fully saturated rings. The highest BCUT2D eigenvalue weighted by Gasteiger charge is 2.24. The number of hydrogen-bond donors (Lipinski definition) is 0. The van der Waals surface area contributed by atoms with Crippen molar-refractivity contribution in [3.05, 3.63) is 157 Å². The Hall–Kier alpha value is -6.80. The molecule has 0 radical (unpaired) electrons. The third-order valence-electron chi connectivity index (χ3n) is 11.2. The Labute approximate surface area is 347 Å². The van der Waals surface area contributed by atoms with Crippen LogP contribution in [0.15, 0.2) is 146 Å². The van der Waals surface area contributed by atoms with Crippen LogP contribution in [-0.2, 0) is 5.41 Å². The first-order chi connectivity index (χ1) is 28.8. The zero-order valence-corrected chi connectivity index (χ0v) is 34.7. The Kier molecular flexibility index (Phi) is 11.2. The molecule has 8 rings (SSSR count). The van der Waals surface area contributed by atoms with Gasteiger partial charge in [-0.3, -0.25) is 0 Å². The van der Waals surface area contributed by atoms with Gasteiger partial charge in [0, 0.05) is 54.1 Å².